The second-order valence-electron chi connectivity index (χ2n) is 7.14. The second-order valence-corrected chi connectivity index (χ2v) is 7.14. The van der Waals surface area contributed by atoms with Crippen LogP contribution in [0.3, 0.4) is 0 Å². The first-order chi connectivity index (χ1) is 13.9. The molecule has 1 fully saturated rings. The third-order valence-corrected chi connectivity index (χ3v) is 4.86. The maximum Gasteiger partial charge on any atom is 0.295 e. The standard InChI is InChI=1S/C22H25N3O4/c1-24(2)12-7-13-25-19(17-10-4-5-11-23-17)18(21(27)22(25)28)20(26)15-8-6-9-16(14-15)29-3/h4-6,8-11,14,19,26H,7,12-13H2,1-3H3/t19-/m1/s1. The number of ether oxygens (including phenoxy) is 1. The zero-order chi connectivity index (χ0) is 21.0. The molecule has 1 aromatic carbocycles. The van der Waals surface area contributed by atoms with Crippen molar-refractivity contribution in [2.75, 3.05) is 34.3 Å². The number of ketones is 1. The molecule has 2 aromatic rings. The second kappa shape index (κ2) is 8.87. The summed E-state index contributed by atoms with van der Waals surface area (Å²) in [7, 11) is 5.43. The summed E-state index contributed by atoms with van der Waals surface area (Å²) in [5, 5.41) is 11.0. The number of aliphatic hydroxyl groups excluding tert-OH is 1. The van der Waals surface area contributed by atoms with Gasteiger partial charge >= 0.3 is 0 Å². The number of hydrogen-bond acceptors (Lipinski definition) is 6. The molecule has 0 radical (unpaired) electrons. The molecule has 152 valence electrons. The fourth-order valence-corrected chi connectivity index (χ4v) is 3.44. The Hall–Kier alpha value is -3.19. The molecule has 1 aromatic heterocycles. The summed E-state index contributed by atoms with van der Waals surface area (Å²) in [5.74, 6) is -1.01. The first kappa shape index (κ1) is 20.5. The fraction of sp³-hybridized carbons (Fsp3) is 0.318. The topological polar surface area (TPSA) is 83.0 Å². The third kappa shape index (κ3) is 4.30. The molecule has 1 aliphatic heterocycles. The van der Waals surface area contributed by atoms with E-state index in [4.69, 9.17) is 4.74 Å². The number of Topliss-reactive ketones (excluding diaryl/α,β-unsaturated/α-hetero) is 1. The molecule has 1 saturated heterocycles. The van der Waals surface area contributed by atoms with Crippen LogP contribution in [0.15, 0.2) is 54.2 Å². The predicted molar refractivity (Wildman–Crippen MR) is 109 cm³/mol. The van der Waals surface area contributed by atoms with Crippen LogP contribution in [-0.4, -0.2) is 65.9 Å². The number of carbonyl (C=O) groups excluding carboxylic acids is 2. The number of rotatable bonds is 7. The number of methoxy groups -OCH3 is 1. The molecule has 0 aliphatic carbocycles. The Morgan fingerprint density at radius 1 is 1.21 bits per heavy atom. The van der Waals surface area contributed by atoms with Crippen LogP contribution in [0.1, 0.15) is 23.7 Å². The van der Waals surface area contributed by atoms with Gasteiger partial charge in [-0.2, -0.15) is 0 Å². The molecule has 1 amide bonds. The van der Waals surface area contributed by atoms with Gasteiger partial charge < -0.3 is 19.6 Å². The number of pyridine rings is 1. The van der Waals surface area contributed by atoms with Crippen molar-refractivity contribution in [2.24, 2.45) is 0 Å². The summed E-state index contributed by atoms with van der Waals surface area (Å²) >= 11 is 0. The van der Waals surface area contributed by atoms with Crippen molar-refractivity contribution in [3.63, 3.8) is 0 Å². The van der Waals surface area contributed by atoms with Gasteiger partial charge in [-0.3, -0.25) is 14.6 Å². The Bertz CT molecular complexity index is 925. The van der Waals surface area contributed by atoms with Gasteiger partial charge in [0, 0.05) is 18.3 Å². The zero-order valence-electron chi connectivity index (χ0n) is 16.8. The van der Waals surface area contributed by atoms with Crippen molar-refractivity contribution in [3.8, 4) is 5.75 Å². The molecular formula is C22H25N3O4. The summed E-state index contributed by atoms with van der Waals surface area (Å²) in [6.45, 7) is 1.16. The van der Waals surface area contributed by atoms with Gasteiger partial charge in [0.05, 0.1) is 18.4 Å². The lowest BCUT2D eigenvalue weighted by Gasteiger charge is -2.25. The van der Waals surface area contributed by atoms with Gasteiger partial charge in [-0.05, 0) is 51.3 Å². The van der Waals surface area contributed by atoms with Crippen LogP contribution in [0, 0.1) is 0 Å². The van der Waals surface area contributed by atoms with Gasteiger partial charge in [-0.1, -0.05) is 18.2 Å². The van der Waals surface area contributed by atoms with Crippen molar-refractivity contribution in [3.05, 3.63) is 65.5 Å². The molecule has 1 N–H and O–H groups in total. The van der Waals surface area contributed by atoms with Crippen molar-refractivity contribution in [1.29, 1.82) is 0 Å². The van der Waals surface area contributed by atoms with Gasteiger partial charge in [-0.25, -0.2) is 0 Å². The van der Waals surface area contributed by atoms with E-state index in [9.17, 15) is 14.7 Å². The van der Waals surface area contributed by atoms with Crippen LogP contribution < -0.4 is 4.74 Å². The Morgan fingerprint density at radius 2 is 2.00 bits per heavy atom. The summed E-state index contributed by atoms with van der Waals surface area (Å²) in [6.07, 6.45) is 2.31. The van der Waals surface area contributed by atoms with Crippen LogP contribution in [0.5, 0.6) is 5.75 Å². The minimum absolute atomic E-state index is 0.0480. The lowest BCUT2D eigenvalue weighted by molar-refractivity contribution is -0.140. The molecule has 3 rings (SSSR count). The molecular weight excluding hydrogens is 370 g/mol. The minimum Gasteiger partial charge on any atom is -0.507 e. The van der Waals surface area contributed by atoms with Crippen LogP contribution in [0.4, 0.5) is 0 Å². The highest BCUT2D eigenvalue weighted by Gasteiger charge is 2.46. The molecule has 0 saturated carbocycles. The Labute approximate surface area is 170 Å². The van der Waals surface area contributed by atoms with Gasteiger partial charge in [0.15, 0.2) is 0 Å². The van der Waals surface area contributed by atoms with E-state index in [1.54, 1.807) is 48.7 Å². The normalized spacial score (nSPS) is 18.5. The van der Waals surface area contributed by atoms with E-state index < -0.39 is 17.7 Å². The van der Waals surface area contributed by atoms with Crippen LogP contribution in [0.2, 0.25) is 0 Å². The Balaban J connectivity index is 2.07. The molecule has 7 nitrogen and oxygen atoms in total. The Morgan fingerprint density at radius 3 is 2.66 bits per heavy atom. The van der Waals surface area contributed by atoms with Crippen molar-refractivity contribution < 1.29 is 19.4 Å². The lowest BCUT2D eigenvalue weighted by Crippen LogP contribution is -2.32. The monoisotopic (exact) mass is 395 g/mol. The minimum atomic E-state index is -0.732. The van der Waals surface area contributed by atoms with Gasteiger partial charge in [0.2, 0.25) is 0 Å². The van der Waals surface area contributed by atoms with Crippen molar-refractivity contribution >= 4 is 17.4 Å². The van der Waals surface area contributed by atoms with E-state index in [2.05, 4.69) is 4.98 Å². The molecule has 0 unspecified atom stereocenters. The average Bonchev–Trinajstić information content (AvgIpc) is 2.98. The summed E-state index contributed by atoms with van der Waals surface area (Å²) in [5.41, 5.74) is 1.00. The molecule has 7 heteroatoms. The smallest absolute Gasteiger partial charge is 0.295 e. The Kier molecular flexibility index (Phi) is 6.29. The zero-order valence-corrected chi connectivity index (χ0v) is 16.8. The van der Waals surface area contributed by atoms with E-state index in [0.29, 0.717) is 30.0 Å². The number of hydrogen-bond donors (Lipinski definition) is 1. The van der Waals surface area contributed by atoms with E-state index in [-0.39, 0.29) is 11.3 Å². The van der Waals surface area contributed by atoms with Gasteiger partial charge in [0.25, 0.3) is 11.7 Å². The van der Waals surface area contributed by atoms with Crippen molar-refractivity contribution in [1.82, 2.24) is 14.8 Å². The molecule has 0 spiro atoms. The number of carbonyl (C=O) groups is 2. The lowest BCUT2D eigenvalue weighted by atomic mass is 9.98. The third-order valence-electron chi connectivity index (χ3n) is 4.86. The van der Waals surface area contributed by atoms with Crippen LogP contribution in [-0.2, 0) is 9.59 Å². The van der Waals surface area contributed by atoms with E-state index in [1.807, 2.05) is 19.0 Å². The van der Waals surface area contributed by atoms with Crippen LogP contribution >= 0.6 is 0 Å². The summed E-state index contributed by atoms with van der Waals surface area (Å²) in [6, 6.07) is 11.4. The SMILES string of the molecule is COc1cccc(C(O)=C2C(=O)C(=O)N(CCCN(C)C)[C@@H]2c2ccccn2)c1. The van der Waals surface area contributed by atoms with E-state index in [1.165, 1.54) is 12.0 Å². The maximum absolute atomic E-state index is 12.9. The quantitative estimate of drug-likeness (QED) is 0.441. The number of likely N-dealkylation sites (tertiary alicyclic amines) is 1. The molecule has 0 bridgehead atoms. The molecule has 1 atom stereocenters. The van der Waals surface area contributed by atoms with Gasteiger partial charge in [0.1, 0.15) is 17.6 Å². The summed E-state index contributed by atoms with van der Waals surface area (Å²) in [4.78, 5) is 33.6. The molecule has 29 heavy (non-hydrogen) atoms. The number of benzene rings is 1. The highest BCUT2D eigenvalue weighted by Crippen LogP contribution is 2.38. The number of aliphatic hydroxyl groups is 1. The first-order valence-electron chi connectivity index (χ1n) is 9.42. The summed E-state index contributed by atoms with van der Waals surface area (Å²) < 4.78 is 5.21. The maximum atomic E-state index is 12.9. The predicted octanol–water partition coefficient (Wildman–Crippen LogP) is 2.46. The van der Waals surface area contributed by atoms with Crippen molar-refractivity contribution in [2.45, 2.75) is 12.5 Å². The first-order valence-corrected chi connectivity index (χ1v) is 9.42. The molecule has 2 heterocycles. The highest BCUT2D eigenvalue weighted by atomic mass is 16.5. The van der Waals surface area contributed by atoms with Crippen LogP contribution in [0.25, 0.3) is 5.76 Å². The number of aromatic nitrogens is 1. The van der Waals surface area contributed by atoms with E-state index >= 15 is 0 Å². The highest BCUT2D eigenvalue weighted by molar-refractivity contribution is 6.46. The number of amides is 1. The molecule has 1 aliphatic rings. The van der Waals surface area contributed by atoms with E-state index in [0.717, 1.165) is 6.54 Å². The average molecular weight is 395 g/mol. The number of nitrogens with zero attached hydrogens (tertiary/aromatic N) is 3. The largest absolute Gasteiger partial charge is 0.507 e. The fourth-order valence-electron chi connectivity index (χ4n) is 3.44. The van der Waals surface area contributed by atoms with Gasteiger partial charge in [-0.15, -0.1) is 0 Å².